The third-order valence-corrected chi connectivity index (χ3v) is 4.92. The zero-order valence-corrected chi connectivity index (χ0v) is 17.4. The monoisotopic (exact) mass is 330 g/mol. The van der Waals surface area contributed by atoms with Gasteiger partial charge < -0.3 is 0 Å². The molecule has 2 rings (SSSR count). The van der Waals surface area contributed by atoms with E-state index >= 15 is 0 Å². The molecule has 0 bridgehead atoms. The summed E-state index contributed by atoms with van der Waals surface area (Å²) >= 11 is 0. The molecule has 0 heterocycles. The van der Waals surface area contributed by atoms with Crippen LogP contribution in [-0.2, 0) is 0 Å². The first kappa shape index (κ1) is 23.0. The van der Waals surface area contributed by atoms with Crippen LogP contribution in [0.15, 0.2) is 24.8 Å². The topological polar surface area (TPSA) is 0 Å². The van der Waals surface area contributed by atoms with Crippen molar-refractivity contribution in [3.8, 4) is 0 Å². The van der Waals surface area contributed by atoms with E-state index in [4.69, 9.17) is 0 Å². The summed E-state index contributed by atoms with van der Waals surface area (Å²) in [6.07, 6.45) is 12.1. The molecule has 24 heavy (non-hydrogen) atoms. The van der Waals surface area contributed by atoms with Gasteiger partial charge in [-0.05, 0) is 48.4 Å². The zero-order valence-electron chi connectivity index (χ0n) is 17.4. The van der Waals surface area contributed by atoms with Crippen LogP contribution in [0.2, 0.25) is 0 Å². The second-order valence-corrected chi connectivity index (χ2v) is 7.26. The van der Waals surface area contributed by atoms with Crippen molar-refractivity contribution < 1.29 is 0 Å². The summed E-state index contributed by atoms with van der Waals surface area (Å²) in [7, 11) is 0. The molecule has 1 aromatic carbocycles. The number of allylic oxidation sites excluding steroid dienone is 1. The van der Waals surface area contributed by atoms with Crippen LogP contribution in [0.1, 0.15) is 102 Å². The van der Waals surface area contributed by atoms with Crippen molar-refractivity contribution in [2.24, 2.45) is 5.92 Å². The van der Waals surface area contributed by atoms with Gasteiger partial charge in [0.2, 0.25) is 0 Å². The Morgan fingerprint density at radius 1 is 0.875 bits per heavy atom. The molecular formula is C24H42. The molecule has 0 N–H and O–H groups in total. The standard InChI is InChI=1S/C16H22.2C4H10/c1-12-8-9-16(11-13(12)2)14(3)10-15-6-4-5-7-15;2*1-3-4-2/h8-9,11,15H,3-7,10H2,1-2H3;2*3-4H2,1-2H3. The van der Waals surface area contributed by atoms with E-state index in [-0.39, 0.29) is 0 Å². The van der Waals surface area contributed by atoms with Gasteiger partial charge in [0.1, 0.15) is 0 Å². The molecule has 0 spiro atoms. The fourth-order valence-corrected chi connectivity index (χ4v) is 2.64. The Balaban J connectivity index is 0.000000558. The van der Waals surface area contributed by atoms with Crippen LogP contribution in [0.25, 0.3) is 5.57 Å². The molecule has 1 saturated carbocycles. The Labute approximate surface area is 152 Å². The summed E-state index contributed by atoms with van der Waals surface area (Å²) < 4.78 is 0. The van der Waals surface area contributed by atoms with Crippen molar-refractivity contribution in [3.05, 3.63) is 41.5 Å². The molecule has 1 aliphatic rings. The molecule has 0 amide bonds. The van der Waals surface area contributed by atoms with Crippen LogP contribution in [0.3, 0.4) is 0 Å². The van der Waals surface area contributed by atoms with Gasteiger partial charge in [0.15, 0.2) is 0 Å². The highest BCUT2D eigenvalue weighted by Crippen LogP contribution is 2.33. The normalized spacial score (nSPS) is 13.6. The SMILES string of the molecule is C=C(CC1CCCC1)c1ccc(C)c(C)c1.CCCC.CCCC. The van der Waals surface area contributed by atoms with E-state index in [1.165, 1.54) is 80.1 Å². The van der Waals surface area contributed by atoms with E-state index in [2.05, 4.69) is 66.3 Å². The second-order valence-electron chi connectivity index (χ2n) is 7.26. The van der Waals surface area contributed by atoms with Crippen LogP contribution >= 0.6 is 0 Å². The van der Waals surface area contributed by atoms with E-state index in [0.717, 1.165) is 5.92 Å². The lowest BCUT2D eigenvalue weighted by Gasteiger charge is -2.13. The summed E-state index contributed by atoms with van der Waals surface area (Å²) in [6.45, 7) is 17.3. The molecule has 138 valence electrons. The van der Waals surface area contributed by atoms with Gasteiger partial charge in [-0.25, -0.2) is 0 Å². The molecule has 0 saturated heterocycles. The van der Waals surface area contributed by atoms with Gasteiger partial charge in [0, 0.05) is 0 Å². The maximum Gasteiger partial charge on any atom is -0.0228 e. The molecule has 1 fully saturated rings. The fraction of sp³-hybridized carbons (Fsp3) is 0.667. The van der Waals surface area contributed by atoms with Crippen molar-refractivity contribution in [1.82, 2.24) is 0 Å². The molecular weight excluding hydrogens is 288 g/mol. The lowest BCUT2D eigenvalue weighted by molar-refractivity contribution is 0.566. The fourth-order valence-electron chi connectivity index (χ4n) is 2.64. The molecule has 1 aliphatic carbocycles. The van der Waals surface area contributed by atoms with Gasteiger partial charge in [-0.1, -0.05) is 104 Å². The first-order valence-corrected chi connectivity index (χ1v) is 10.2. The molecule has 0 nitrogen and oxygen atoms in total. The van der Waals surface area contributed by atoms with Crippen LogP contribution in [0, 0.1) is 19.8 Å². The van der Waals surface area contributed by atoms with Gasteiger partial charge in [0.05, 0.1) is 0 Å². The summed E-state index contributed by atoms with van der Waals surface area (Å²) in [6, 6.07) is 6.72. The van der Waals surface area contributed by atoms with Crippen molar-refractivity contribution in [1.29, 1.82) is 0 Å². The average Bonchev–Trinajstić information content (AvgIpc) is 3.10. The van der Waals surface area contributed by atoms with Crippen LogP contribution in [0.4, 0.5) is 0 Å². The van der Waals surface area contributed by atoms with E-state index in [1.54, 1.807) is 0 Å². The number of rotatable bonds is 5. The first-order chi connectivity index (χ1) is 11.5. The van der Waals surface area contributed by atoms with Crippen molar-refractivity contribution in [3.63, 3.8) is 0 Å². The maximum absolute atomic E-state index is 4.26. The number of unbranched alkanes of at least 4 members (excludes halogenated alkanes) is 2. The highest BCUT2D eigenvalue weighted by Gasteiger charge is 2.16. The maximum atomic E-state index is 4.26. The van der Waals surface area contributed by atoms with Gasteiger partial charge in [-0.3, -0.25) is 0 Å². The van der Waals surface area contributed by atoms with Crippen molar-refractivity contribution in [2.45, 2.75) is 99.3 Å². The molecule has 0 unspecified atom stereocenters. The minimum atomic E-state index is 0.897. The number of aryl methyl sites for hydroxylation is 2. The molecule has 1 aromatic rings. The Bertz CT molecular complexity index is 427. The summed E-state index contributed by atoms with van der Waals surface area (Å²) in [5, 5.41) is 0. The Hall–Kier alpha value is -1.04. The van der Waals surface area contributed by atoms with E-state index < -0.39 is 0 Å². The smallest absolute Gasteiger partial charge is 0.0228 e. The van der Waals surface area contributed by atoms with Crippen molar-refractivity contribution >= 4 is 5.57 Å². The number of benzene rings is 1. The van der Waals surface area contributed by atoms with Crippen LogP contribution in [-0.4, -0.2) is 0 Å². The van der Waals surface area contributed by atoms with Gasteiger partial charge in [-0.2, -0.15) is 0 Å². The Kier molecular flexibility index (Phi) is 13.7. The average molecular weight is 331 g/mol. The lowest BCUT2D eigenvalue weighted by Crippen LogP contribution is -1.95. The second kappa shape index (κ2) is 14.3. The predicted octanol–water partition coefficient (Wildman–Crippen LogP) is 8.51. The zero-order chi connectivity index (χ0) is 18.4. The summed E-state index contributed by atoms with van der Waals surface area (Å²) in [5.74, 6) is 0.897. The predicted molar refractivity (Wildman–Crippen MR) is 113 cm³/mol. The highest BCUT2D eigenvalue weighted by atomic mass is 14.2. The Morgan fingerprint density at radius 2 is 1.38 bits per heavy atom. The third kappa shape index (κ3) is 9.96. The van der Waals surface area contributed by atoms with Crippen molar-refractivity contribution in [2.75, 3.05) is 0 Å². The molecule has 0 atom stereocenters. The van der Waals surface area contributed by atoms with Gasteiger partial charge >= 0.3 is 0 Å². The first-order valence-electron chi connectivity index (χ1n) is 10.2. The van der Waals surface area contributed by atoms with Crippen LogP contribution < -0.4 is 0 Å². The van der Waals surface area contributed by atoms with E-state index in [9.17, 15) is 0 Å². The Morgan fingerprint density at radius 3 is 1.79 bits per heavy atom. The minimum absolute atomic E-state index is 0.897. The minimum Gasteiger partial charge on any atom is -0.0952 e. The largest absolute Gasteiger partial charge is 0.0952 e. The molecule has 0 heteroatoms. The molecule has 0 radical (unpaired) electrons. The number of hydrogen-bond acceptors (Lipinski definition) is 0. The lowest BCUT2D eigenvalue weighted by atomic mass is 9.93. The van der Waals surface area contributed by atoms with Gasteiger partial charge in [0.25, 0.3) is 0 Å². The van der Waals surface area contributed by atoms with Crippen LogP contribution in [0.5, 0.6) is 0 Å². The molecule has 0 aromatic heterocycles. The quantitative estimate of drug-likeness (QED) is 0.507. The number of hydrogen-bond donors (Lipinski definition) is 0. The molecule has 0 aliphatic heterocycles. The summed E-state index contributed by atoms with van der Waals surface area (Å²) in [4.78, 5) is 0. The summed E-state index contributed by atoms with van der Waals surface area (Å²) in [5.41, 5.74) is 5.42. The van der Waals surface area contributed by atoms with E-state index in [0.29, 0.717) is 0 Å². The van der Waals surface area contributed by atoms with E-state index in [1.807, 2.05) is 0 Å². The highest BCUT2D eigenvalue weighted by molar-refractivity contribution is 5.64. The van der Waals surface area contributed by atoms with Gasteiger partial charge in [-0.15, -0.1) is 0 Å². The third-order valence-electron chi connectivity index (χ3n) is 4.92.